The summed E-state index contributed by atoms with van der Waals surface area (Å²) in [5, 5.41) is 0. The van der Waals surface area contributed by atoms with Gasteiger partial charge in [-0.1, -0.05) is 0 Å². The van der Waals surface area contributed by atoms with Gasteiger partial charge in [0, 0.05) is 26.2 Å². The number of rotatable bonds is 4. The molecule has 0 aromatic carbocycles. The Balaban J connectivity index is 2.24. The van der Waals surface area contributed by atoms with Gasteiger partial charge in [0.1, 0.15) is 5.60 Å². The van der Waals surface area contributed by atoms with E-state index in [1.54, 1.807) is 4.90 Å². The first-order valence-corrected chi connectivity index (χ1v) is 7.37. The van der Waals surface area contributed by atoms with E-state index < -0.39 is 5.60 Å². The lowest BCUT2D eigenvalue weighted by atomic mass is 10.2. The van der Waals surface area contributed by atoms with Gasteiger partial charge in [0.05, 0.1) is 0 Å². The Morgan fingerprint density at radius 3 is 2.28 bits per heavy atom. The molecule has 0 bridgehead atoms. The highest BCUT2D eigenvalue weighted by atomic mass is 32.1. The van der Waals surface area contributed by atoms with Crippen LogP contribution in [0.4, 0.5) is 4.79 Å². The van der Waals surface area contributed by atoms with Gasteiger partial charge in [-0.05, 0) is 45.9 Å². The zero-order valence-electron chi connectivity index (χ0n) is 11.8. The Bertz CT molecular complexity index is 258. The van der Waals surface area contributed by atoms with Crippen LogP contribution in [0.25, 0.3) is 0 Å². The summed E-state index contributed by atoms with van der Waals surface area (Å²) in [5.74, 6) is 0.956. The lowest BCUT2D eigenvalue weighted by Crippen LogP contribution is -2.50. The maximum atomic E-state index is 11.9. The third kappa shape index (κ3) is 5.96. The van der Waals surface area contributed by atoms with Gasteiger partial charge in [0.15, 0.2) is 0 Å². The smallest absolute Gasteiger partial charge is 0.410 e. The van der Waals surface area contributed by atoms with E-state index in [0.29, 0.717) is 0 Å². The number of ether oxygens (including phenoxy) is 1. The van der Waals surface area contributed by atoms with Crippen molar-refractivity contribution >= 4 is 18.7 Å². The maximum absolute atomic E-state index is 11.9. The standard InChI is InChI=1S/C13H26N2O2S/c1-13(2,3)17-12(16)15-9-7-14(8-10-15)6-4-5-11-18/h18H,4-11H2,1-3H3. The lowest BCUT2D eigenvalue weighted by Gasteiger charge is -2.35. The lowest BCUT2D eigenvalue weighted by molar-refractivity contribution is 0.0144. The first-order chi connectivity index (χ1) is 8.42. The number of thiol groups is 1. The zero-order chi connectivity index (χ0) is 13.6. The first kappa shape index (κ1) is 15.6. The largest absolute Gasteiger partial charge is 0.444 e. The quantitative estimate of drug-likeness (QED) is 0.630. The predicted molar refractivity (Wildman–Crippen MR) is 77.3 cm³/mol. The minimum Gasteiger partial charge on any atom is -0.444 e. The van der Waals surface area contributed by atoms with Gasteiger partial charge < -0.3 is 9.64 Å². The molecule has 1 rings (SSSR count). The number of unbranched alkanes of at least 4 members (excludes halogenated alkanes) is 1. The van der Waals surface area contributed by atoms with E-state index in [1.165, 1.54) is 6.42 Å². The second kappa shape index (κ2) is 7.24. The molecule has 18 heavy (non-hydrogen) atoms. The van der Waals surface area contributed by atoms with Gasteiger partial charge in [-0.3, -0.25) is 4.90 Å². The van der Waals surface area contributed by atoms with Crippen molar-refractivity contribution in [3.8, 4) is 0 Å². The summed E-state index contributed by atoms with van der Waals surface area (Å²) in [7, 11) is 0. The Labute approximate surface area is 116 Å². The van der Waals surface area contributed by atoms with Crippen molar-refractivity contribution in [1.82, 2.24) is 9.80 Å². The highest BCUT2D eigenvalue weighted by molar-refractivity contribution is 7.80. The van der Waals surface area contributed by atoms with Crippen molar-refractivity contribution in [2.45, 2.75) is 39.2 Å². The Kier molecular flexibility index (Phi) is 6.29. The molecule has 0 radical (unpaired) electrons. The number of nitrogens with zero attached hydrogens (tertiary/aromatic N) is 2. The van der Waals surface area contributed by atoms with Crippen molar-refractivity contribution in [2.24, 2.45) is 0 Å². The van der Waals surface area contributed by atoms with E-state index in [4.69, 9.17) is 4.74 Å². The fourth-order valence-corrected chi connectivity index (χ4v) is 2.15. The van der Waals surface area contributed by atoms with Gasteiger partial charge in [0.2, 0.25) is 0 Å². The molecule has 1 aliphatic rings. The van der Waals surface area contributed by atoms with Crippen molar-refractivity contribution in [2.75, 3.05) is 38.5 Å². The summed E-state index contributed by atoms with van der Waals surface area (Å²) in [5.41, 5.74) is -0.402. The molecule has 0 unspecified atom stereocenters. The third-order valence-corrected chi connectivity index (χ3v) is 3.22. The average Bonchev–Trinajstić information content (AvgIpc) is 2.28. The van der Waals surface area contributed by atoms with Crippen LogP contribution in [0, 0.1) is 0 Å². The third-order valence-electron chi connectivity index (χ3n) is 2.91. The van der Waals surface area contributed by atoms with Gasteiger partial charge in [0.25, 0.3) is 0 Å². The van der Waals surface area contributed by atoms with Crippen molar-refractivity contribution in [3.63, 3.8) is 0 Å². The Morgan fingerprint density at radius 1 is 1.17 bits per heavy atom. The summed E-state index contributed by atoms with van der Waals surface area (Å²) in [6.45, 7) is 10.3. The SMILES string of the molecule is CC(C)(C)OC(=O)N1CCN(CCCCS)CC1. The van der Waals surface area contributed by atoms with Gasteiger partial charge in [-0.25, -0.2) is 4.79 Å². The highest BCUT2D eigenvalue weighted by Gasteiger charge is 2.25. The van der Waals surface area contributed by atoms with Crippen LogP contribution in [0.1, 0.15) is 33.6 Å². The minimum atomic E-state index is -0.402. The summed E-state index contributed by atoms with van der Waals surface area (Å²) in [6, 6.07) is 0. The monoisotopic (exact) mass is 274 g/mol. The van der Waals surface area contributed by atoms with E-state index in [2.05, 4.69) is 17.5 Å². The highest BCUT2D eigenvalue weighted by Crippen LogP contribution is 2.12. The predicted octanol–water partition coefficient (Wildman–Crippen LogP) is 2.25. The fourth-order valence-electron chi connectivity index (χ4n) is 1.93. The molecule has 4 nitrogen and oxygen atoms in total. The number of carbonyl (C=O) groups is 1. The first-order valence-electron chi connectivity index (χ1n) is 6.73. The van der Waals surface area contributed by atoms with Crippen molar-refractivity contribution in [1.29, 1.82) is 0 Å². The molecular weight excluding hydrogens is 248 g/mol. The molecule has 0 aliphatic carbocycles. The molecule has 0 saturated carbocycles. The summed E-state index contributed by atoms with van der Waals surface area (Å²) in [6.07, 6.45) is 2.17. The summed E-state index contributed by atoms with van der Waals surface area (Å²) >= 11 is 4.21. The number of piperazine rings is 1. The summed E-state index contributed by atoms with van der Waals surface area (Å²) in [4.78, 5) is 16.1. The van der Waals surface area contributed by atoms with E-state index in [0.717, 1.165) is 44.9 Å². The topological polar surface area (TPSA) is 32.8 Å². The average molecular weight is 274 g/mol. The van der Waals surface area contributed by atoms with E-state index >= 15 is 0 Å². The molecule has 5 heteroatoms. The molecule has 1 aliphatic heterocycles. The molecule has 0 aromatic heterocycles. The van der Waals surface area contributed by atoms with Crippen LogP contribution in [0.2, 0.25) is 0 Å². The van der Waals surface area contributed by atoms with Crippen LogP contribution in [-0.4, -0.2) is 60.0 Å². The second-order valence-electron chi connectivity index (χ2n) is 5.74. The van der Waals surface area contributed by atoms with Crippen LogP contribution in [-0.2, 0) is 4.74 Å². The number of hydrogen-bond donors (Lipinski definition) is 1. The molecule has 0 aromatic rings. The molecule has 1 saturated heterocycles. The Morgan fingerprint density at radius 2 is 1.78 bits per heavy atom. The molecule has 1 fully saturated rings. The van der Waals surface area contributed by atoms with Crippen LogP contribution in [0.3, 0.4) is 0 Å². The zero-order valence-corrected chi connectivity index (χ0v) is 12.7. The van der Waals surface area contributed by atoms with Crippen molar-refractivity contribution in [3.05, 3.63) is 0 Å². The van der Waals surface area contributed by atoms with E-state index in [1.807, 2.05) is 20.8 Å². The van der Waals surface area contributed by atoms with Gasteiger partial charge >= 0.3 is 6.09 Å². The molecule has 0 spiro atoms. The number of hydrogen-bond acceptors (Lipinski definition) is 4. The maximum Gasteiger partial charge on any atom is 0.410 e. The van der Waals surface area contributed by atoms with Crippen LogP contribution < -0.4 is 0 Å². The van der Waals surface area contributed by atoms with E-state index in [9.17, 15) is 4.79 Å². The van der Waals surface area contributed by atoms with Gasteiger partial charge in [-0.15, -0.1) is 0 Å². The molecule has 1 heterocycles. The molecular formula is C13H26N2O2S. The molecule has 0 atom stereocenters. The number of carbonyl (C=O) groups excluding carboxylic acids is 1. The molecule has 0 N–H and O–H groups in total. The normalized spacial score (nSPS) is 17.9. The van der Waals surface area contributed by atoms with Crippen molar-refractivity contribution < 1.29 is 9.53 Å². The molecule has 106 valence electrons. The Hall–Kier alpha value is -0.420. The summed E-state index contributed by atoms with van der Waals surface area (Å²) < 4.78 is 5.37. The van der Waals surface area contributed by atoms with Crippen LogP contribution in [0.15, 0.2) is 0 Å². The van der Waals surface area contributed by atoms with E-state index in [-0.39, 0.29) is 6.09 Å². The number of amides is 1. The van der Waals surface area contributed by atoms with Crippen LogP contribution in [0.5, 0.6) is 0 Å². The van der Waals surface area contributed by atoms with Gasteiger partial charge in [-0.2, -0.15) is 12.6 Å². The minimum absolute atomic E-state index is 0.183. The second-order valence-corrected chi connectivity index (χ2v) is 6.19. The molecule has 1 amide bonds. The van der Waals surface area contributed by atoms with Crippen LogP contribution >= 0.6 is 12.6 Å². The fraction of sp³-hybridized carbons (Fsp3) is 0.923.